The minimum absolute atomic E-state index is 0.241. The first-order valence-electron chi connectivity index (χ1n) is 12.4. The Morgan fingerprint density at radius 1 is 0.857 bits per heavy atom. The fourth-order valence-electron chi connectivity index (χ4n) is 5.59. The lowest BCUT2D eigenvalue weighted by Gasteiger charge is -2.47. The Balaban J connectivity index is 2.22. The van der Waals surface area contributed by atoms with Gasteiger partial charge in [0.25, 0.3) is 0 Å². The summed E-state index contributed by atoms with van der Waals surface area (Å²) in [6.45, 7) is 14.1. The highest BCUT2D eigenvalue weighted by atomic mass is 15.0. The number of piperidine rings is 1. The molecule has 2 heteroatoms. The number of aliphatic imine (C=N–C) groups is 1. The van der Waals surface area contributed by atoms with Gasteiger partial charge in [-0.05, 0) is 65.2 Å². The van der Waals surface area contributed by atoms with Crippen molar-refractivity contribution in [1.29, 1.82) is 0 Å². The fourth-order valence-corrected chi connectivity index (χ4v) is 5.59. The van der Waals surface area contributed by atoms with Gasteiger partial charge in [-0.3, -0.25) is 4.99 Å². The molecule has 2 nitrogen and oxygen atoms in total. The fraction of sp³-hybridized carbons (Fsp3) is 0.962. The van der Waals surface area contributed by atoms with Crippen molar-refractivity contribution in [2.24, 2.45) is 16.8 Å². The molecule has 1 rings (SSSR count). The quantitative estimate of drug-likeness (QED) is 0.235. The average molecular weight is 393 g/mol. The monoisotopic (exact) mass is 392 g/mol. The van der Waals surface area contributed by atoms with E-state index in [1.807, 2.05) is 7.05 Å². The first-order valence-corrected chi connectivity index (χ1v) is 12.4. The topological polar surface area (TPSA) is 24.4 Å². The van der Waals surface area contributed by atoms with Crippen molar-refractivity contribution in [3.63, 3.8) is 0 Å². The van der Waals surface area contributed by atoms with Crippen LogP contribution in [0.1, 0.15) is 131 Å². The smallest absolute Gasteiger partial charge is 0.0276 e. The Labute approximate surface area is 177 Å². The van der Waals surface area contributed by atoms with Gasteiger partial charge in [0, 0.05) is 23.8 Å². The zero-order valence-electron chi connectivity index (χ0n) is 20.5. The van der Waals surface area contributed by atoms with Gasteiger partial charge in [-0.15, -0.1) is 0 Å². The number of hydrogen-bond acceptors (Lipinski definition) is 2. The summed E-state index contributed by atoms with van der Waals surface area (Å²) in [4.78, 5) is 4.74. The van der Waals surface area contributed by atoms with E-state index in [2.05, 4.69) is 46.9 Å². The Kier molecular flexibility index (Phi) is 12.0. The minimum atomic E-state index is 0.241. The molecule has 0 aromatic rings. The first kappa shape index (κ1) is 25.7. The lowest BCUT2D eigenvalue weighted by molar-refractivity contribution is 0.131. The van der Waals surface area contributed by atoms with E-state index in [0.717, 1.165) is 5.92 Å². The van der Waals surface area contributed by atoms with E-state index in [1.54, 1.807) is 0 Å². The highest BCUT2D eigenvalue weighted by molar-refractivity contribution is 5.86. The standard InChI is InChI=1S/C26H52N2/c1-8-9-10-11-12-13-14-15-16-17-18-22(2)24(27-7)19-23-20-25(3,4)28-26(5,6)21-23/h22-23,28H,8-21H2,1-7H3. The summed E-state index contributed by atoms with van der Waals surface area (Å²) in [7, 11) is 2.02. The average Bonchev–Trinajstić information content (AvgIpc) is 2.58. The van der Waals surface area contributed by atoms with Crippen molar-refractivity contribution in [2.45, 2.75) is 143 Å². The van der Waals surface area contributed by atoms with Gasteiger partial charge >= 0.3 is 0 Å². The third kappa shape index (κ3) is 11.0. The molecule has 1 atom stereocenters. The summed E-state index contributed by atoms with van der Waals surface area (Å²) in [5.41, 5.74) is 1.95. The van der Waals surface area contributed by atoms with Gasteiger partial charge in [0.05, 0.1) is 0 Å². The van der Waals surface area contributed by atoms with E-state index in [-0.39, 0.29) is 11.1 Å². The molecule has 0 aromatic heterocycles. The maximum absolute atomic E-state index is 4.74. The van der Waals surface area contributed by atoms with E-state index >= 15 is 0 Å². The second kappa shape index (κ2) is 13.0. The largest absolute Gasteiger partial charge is 0.307 e. The molecular weight excluding hydrogens is 340 g/mol. The molecule has 1 unspecified atom stereocenters. The van der Waals surface area contributed by atoms with Gasteiger partial charge in [-0.25, -0.2) is 0 Å². The Hall–Kier alpha value is -0.370. The predicted octanol–water partition coefficient (Wildman–Crippen LogP) is 7.95. The number of hydrogen-bond donors (Lipinski definition) is 1. The molecule has 0 radical (unpaired) electrons. The van der Waals surface area contributed by atoms with Crippen LogP contribution in [0.2, 0.25) is 0 Å². The van der Waals surface area contributed by atoms with Gasteiger partial charge in [0.2, 0.25) is 0 Å². The molecule has 0 bridgehead atoms. The Morgan fingerprint density at radius 2 is 1.32 bits per heavy atom. The molecule has 1 N–H and O–H groups in total. The van der Waals surface area contributed by atoms with Crippen LogP contribution in [0.4, 0.5) is 0 Å². The van der Waals surface area contributed by atoms with E-state index in [9.17, 15) is 0 Å². The number of nitrogens with zero attached hydrogens (tertiary/aromatic N) is 1. The van der Waals surface area contributed by atoms with E-state index in [0.29, 0.717) is 5.92 Å². The number of unbranched alkanes of at least 4 members (excludes halogenated alkanes) is 9. The molecule has 166 valence electrons. The summed E-state index contributed by atoms with van der Waals surface area (Å²) in [6.07, 6.45) is 19.3. The van der Waals surface area contributed by atoms with Crippen LogP contribution in [0.25, 0.3) is 0 Å². The predicted molar refractivity (Wildman–Crippen MR) is 128 cm³/mol. The molecule has 1 saturated heterocycles. The lowest BCUT2D eigenvalue weighted by atomic mass is 9.73. The van der Waals surface area contributed by atoms with Crippen LogP contribution >= 0.6 is 0 Å². The lowest BCUT2D eigenvalue weighted by Crippen LogP contribution is -2.58. The van der Waals surface area contributed by atoms with Crippen LogP contribution in [0.5, 0.6) is 0 Å². The molecule has 1 fully saturated rings. The van der Waals surface area contributed by atoms with Crippen molar-refractivity contribution in [2.75, 3.05) is 7.05 Å². The van der Waals surface area contributed by atoms with Crippen molar-refractivity contribution < 1.29 is 0 Å². The summed E-state index contributed by atoms with van der Waals surface area (Å²) in [5.74, 6) is 1.42. The van der Waals surface area contributed by atoms with Crippen LogP contribution in [-0.2, 0) is 0 Å². The number of nitrogens with one attached hydrogen (secondary N) is 1. The zero-order valence-corrected chi connectivity index (χ0v) is 20.5. The molecule has 0 aromatic carbocycles. The Bertz CT molecular complexity index is 420. The zero-order chi connectivity index (χ0) is 21.0. The van der Waals surface area contributed by atoms with Crippen molar-refractivity contribution >= 4 is 5.71 Å². The molecule has 0 aliphatic carbocycles. The summed E-state index contributed by atoms with van der Waals surface area (Å²) in [5, 5.41) is 3.82. The molecular formula is C26H52N2. The van der Waals surface area contributed by atoms with Crippen LogP contribution in [0.15, 0.2) is 4.99 Å². The van der Waals surface area contributed by atoms with E-state index in [1.165, 1.54) is 95.6 Å². The third-order valence-electron chi connectivity index (χ3n) is 6.62. The van der Waals surface area contributed by atoms with Gasteiger partial charge < -0.3 is 5.32 Å². The Morgan fingerprint density at radius 3 is 1.79 bits per heavy atom. The van der Waals surface area contributed by atoms with Crippen LogP contribution in [0, 0.1) is 11.8 Å². The van der Waals surface area contributed by atoms with Crippen LogP contribution in [0.3, 0.4) is 0 Å². The van der Waals surface area contributed by atoms with Crippen LogP contribution in [-0.4, -0.2) is 23.8 Å². The molecule has 0 spiro atoms. The summed E-state index contributed by atoms with van der Waals surface area (Å²) >= 11 is 0. The van der Waals surface area contributed by atoms with Gasteiger partial charge in [0.15, 0.2) is 0 Å². The maximum Gasteiger partial charge on any atom is 0.0276 e. The molecule has 1 heterocycles. The van der Waals surface area contributed by atoms with Crippen molar-refractivity contribution in [3.8, 4) is 0 Å². The normalized spacial score (nSPS) is 21.0. The van der Waals surface area contributed by atoms with Crippen molar-refractivity contribution in [3.05, 3.63) is 0 Å². The highest BCUT2D eigenvalue weighted by Crippen LogP contribution is 2.35. The van der Waals surface area contributed by atoms with Gasteiger partial charge in [-0.1, -0.05) is 78.1 Å². The van der Waals surface area contributed by atoms with E-state index < -0.39 is 0 Å². The second-order valence-corrected chi connectivity index (χ2v) is 11.0. The molecule has 0 amide bonds. The summed E-state index contributed by atoms with van der Waals surface area (Å²) in [6, 6.07) is 0. The molecule has 1 aliphatic rings. The molecule has 0 saturated carbocycles. The highest BCUT2D eigenvalue weighted by Gasteiger charge is 2.38. The van der Waals surface area contributed by atoms with Gasteiger partial charge in [-0.2, -0.15) is 0 Å². The third-order valence-corrected chi connectivity index (χ3v) is 6.62. The number of rotatable bonds is 14. The van der Waals surface area contributed by atoms with Crippen LogP contribution < -0.4 is 5.32 Å². The SMILES string of the molecule is CCCCCCCCCCCCC(C)C(CC1CC(C)(C)NC(C)(C)C1)=NC. The summed E-state index contributed by atoms with van der Waals surface area (Å²) < 4.78 is 0. The minimum Gasteiger partial charge on any atom is -0.307 e. The molecule has 28 heavy (non-hydrogen) atoms. The second-order valence-electron chi connectivity index (χ2n) is 11.0. The van der Waals surface area contributed by atoms with Gasteiger partial charge in [0.1, 0.15) is 0 Å². The molecule has 1 aliphatic heterocycles. The van der Waals surface area contributed by atoms with Crippen molar-refractivity contribution in [1.82, 2.24) is 5.32 Å². The first-order chi connectivity index (χ1) is 13.2. The van der Waals surface area contributed by atoms with E-state index in [4.69, 9.17) is 4.99 Å². The maximum atomic E-state index is 4.74.